The lowest BCUT2D eigenvalue weighted by molar-refractivity contribution is 0.236. The number of benzene rings is 1. The van der Waals surface area contributed by atoms with Gasteiger partial charge in [-0.15, -0.1) is 11.3 Å². The van der Waals surface area contributed by atoms with Crippen molar-refractivity contribution in [2.75, 3.05) is 13.2 Å². The number of urea groups is 1. The van der Waals surface area contributed by atoms with Gasteiger partial charge in [0.05, 0.1) is 12.6 Å². The van der Waals surface area contributed by atoms with Crippen molar-refractivity contribution in [3.8, 4) is 5.75 Å². The maximum Gasteiger partial charge on any atom is 0.315 e. The number of carbonyl (C=O) groups is 1. The Hall–Kier alpha value is -2.01. The molecule has 1 unspecified atom stereocenters. The molecular formula is C16H20N2O2S. The molecule has 0 aliphatic heterocycles. The Morgan fingerprint density at radius 2 is 2.05 bits per heavy atom. The molecule has 0 bridgehead atoms. The van der Waals surface area contributed by atoms with E-state index >= 15 is 0 Å². The van der Waals surface area contributed by atoms with Crippen LogP contribution in [0.1, 0.15) is 24.3 Å². The van der Waals surface area contributed by atoms with Crippen molar-refractivity contribution in [2.24, 2.45) is 0 Å². The number of rotatable bonds is 7. The highest BCUT2D eigenvalue weighted by Gasteiger charge is 2.09. The van der Waals surface area contributed by atoms with E-state index in [0.29, 0.717) is 13.2 Å². The largest absolute Gasteiger partial charge is 0.494 e. The summed E-state index contributed by atoms with van der Waals surface area (Å²) in [5.74, 6) is 0.855. The van der Waals surface area contributed by atoms with E-state index in [1.807, 2.05) is 54.8 Å². The molecule has 1 atom stereocenters. The van der Waals surface area contributed by atoms with Crippen molar-refractivity contribution in [2.45, 2.75) is 19.4 Å². The fourth-order valence-electron chi connectivity index (χ4n) is 1.84. The highest BCUT2D eigenvalue weighted by molar-refractivity contribution is 7.10. The van der Waals surface area contributed by atoms with Crippen LogP contribution in [0.4, 0.5) is 4.79 Å². The first-order chi connectivity index (χ1) is 10.3. The van der Waals surface area contributed by atoms with Crippen LogP contribution in [0.2, 0.25) is 0 Å². The molecule has 0 fully saturated rings. The third kappa shape index (κ3) is 5.47. The van der Waals surface area contributed by atoms with Gasteiger partial charge in [0.15, 0.2) is 0 Å². The molecule has 0 aliphatic carbocycles. The summed E-state index contributed by atoms with van der Waals surface area (Å²) in [6.45, 7) is 3.16. The smallest absolute Gasteiger partial charge is 0.315 e. The molecule has 2 rings (SSSR count). The Morgan fingerprint density at radius 1 is 1.24 bits per heavy atom. The molecule has 1 aromatic carbocycles. The number of thiophene rings is 1. The van der Waals surface area contributed by atoms with E-state index in [2.05, 4.69) is 10.6 Å². The SMILES string of the molecule is CC(NC(=O)NCCCOc1ccccc1)c1cccs1. The van der Waals surface area contributed by atoms with Gasteiger partial charge in [-0.1, -0.05) is 24.3 Å². The molecule has 0 saturated heterocycles. The molecule has 2 aromatic rings. The first kappa shape index (κ1) is 15.4. The number of nitrogens with one attached hydrogen (secondary N) is 2. The predicted octanol–water partition coefficient (Wildman–Crippen LogP) is 3.58. The molecular weight excluding hydrogens is 284 g/mol. The summed E-state index contributed by atoms with van der Waals surface area (Å²) in [5.41, 5.74) is 0. The Labute approximate surface area is 129 Å². The summed E-state index contributed by atoms with van der Waals surface area (Å²) in [6.07, 6.45) is 0.774. The second-order valence-corrected chi connectivity index (χ2v) is 5.63. The van der Waals surface area contributed by atoms with Crippen molar-refractivity contribution in [1.82, 2.24) is 10.6 Å². The van der Waals surface area contributed by atoms with E-state index < -0.39 is 0 Å². The Bertz CT molecular complexity index is 528. The van der Waals surface area contributed by atoms with E-state index in [4.69, 9.17) is 4.74 Å². The molecule has 112 valence electrons. The second kappa shape index (κ2) is 8.32. The van der Waals surface area contributed by atoms with Gasteiger partial charge in [0.25, 0.3) is 0 Å². The molecule has 2 N–H and O–H groups in total. The van der Waals surface area contributed by atoms with Crippen molar-refractivity contribution in [3.63, 3.8) is 0 Å². The zero-order valence-electron chi connectivity index (χ0n) is 12.0. The van der Waals surface area contributed by atoms with Crippen LogP contribution in [0.25, 0.3) is 0 Å². The number of ether oxygens (including phenoxy) is 1. The minimum atomic E-state index is -0.143. The van der Waals surface area contributed by atoms with Crippen LogP contribution in [-0.2, 0) is 0 Å². The minimum Gasteiger partial charge on any atom is -0.494 e. The standard InChI is InChI=1S/C16H20N2O2S/c1-13(15-9-5-12-21-15)18-16(19)17-10-6-11-20-14-7-3-2-4-8-14/h2-5,7-9,12-13H,6,10-11H2,1H3,(H2,17,18,19). The van der Waals surface area contributed by atoms with Gasteiger partial charge < -0.3 is 15.4 Å². The Morgan fingerprint density at radius 3 is 2.76 bits per heavy atom. The van der Waals surface area contributed by atoms with Crippen LogP contribution in [0, 0.1) is 0 Å². The first-order valence-electron chi connectivity index (χ1n) is 7.01. The van der Waals surface area contributed by atoms with Crippen LogP contribution in [0.3, 0.4) is 0 Å². The lowest BCUT2D eigenvalue weighted by Gasteiger charge is -2.13. The number of hydrogen-bond acceptors (Lipinski definition) is 3. The van der Waals surface area contributed by atoms with Gasteiger partial charge in [0.1, 0.15) is 5.75 Å². The zero-order valence-corrected chi connectivity index (χ0v) is 12.9. The van der Waals surface area contributed by atoms with Gasteiger partial charge in [-0.05, 0) is 36.9 Å². The van der Waals surface area contributed by atoms with Gasteiger partial charge in [-0.3, -0.25) is 0 Å². The van der Waals surface area contributed by atoms with E-state index in [1.54, 1.807) is 11.3 Å². The van der Waals surface area contributed by atoms with Gasteiger partial charge in [0, 0.05) is 11.4 Å². The Kier molecular flexibility index (Phi) is 6.09. The second-order valence-electron chi connectivity index (χ2n) is 4.65. The molecule has 0 radical (unpaired) electrons. The van der Waals surface area contributed by atoms with Crippen molar-refractivity contribution in [3.05, 3.63) is 52.7 Å². The molecule has 2 amide bonds. The van der Waals surface area contributed by atoms with Gasteiger partial charge in [-0.2, -0.15) is 0 Å². The van der Waals surface area contributed by atoms with Crippen molar-refractivity contribution < 1.29 is 9.53 Å². The van der Waals surface area contributed by atoms with Gasteiger partial charge >= 0.3 is 6.03 Å². The van der Waals surface area contributed by atoms with E-state index in [1.165, 1.54) is 0 Å². The van der Waals surface area contributed by atoms with Crippen LogP contribution in [0.15, 0.2) is 47.8 Å². The van der Waals surface area contributed by atoms with E-state index in [9.17, 15) is 4.79 Å². The maximum absolute atomic E-state index is 11.7. The third-order valence-electron chi connectivity index (χ3n) is 2.94. The molecule has 21 heavy (non-hydrogen) atoms. The lowest BCUT2D eigenvalue weighted by atomic mass is 10.3. The van der Waals surface area contributed by atoms with Crippen LogP contribution < -0.4 is 15.4 Å². The topological polar surface area (TPSA) is 50.4 Å². The average molecular weight is 304 g/mol. The molecule has 5 heteroatoms. The molecule has 1 aromatic heterocycles. The summed E-state index contributed by atoms with van der Waals surface area (Å²) in [5, 5.41) is 7.75. The number of para-hydroxylation sites is 1. The third-order valence-corrected chi connectivity index (χ3v) is 3.99. The molecule has 0 spiro atoms. The summed E-state index contributed by atoms with van der Waals surface area (Å²) in [7, 11) is 0. The minimum absolute atomic E-state index is 0.0329. The number of amides is 2. The highest BCUT2D eigenvalue weighted by atomic mass is 32.1. The maximum atomic E-state index is 11.7. The van der Waals surface area contributed by atoms with Gasteiger partial charge in [-0.25, -0.2) is 4.79 Å². The fourth-order valence-corrected chi connectivity index (χ4v) is 2.57. The zero-order chi connectivity index (χ0) is 14.9. The molecule has 0 saturated carbocycles. The van der Waals surface area contributed by atoms with Crippen LogP contribution in [0.5, 0.6) is 5.75 Å². The normalized spacial score (nSPS) is 11.7. The van der Waals surface area contributed by atoms with Crippen molar-refractivity contribution >= 4 is 17.4 Å². The molecule has 1 heterocycles. The lowest BCUT2D eigenvalue weighted by Crippen LogP contribution is -2.37. The molecule has 4 nitrogen and oxygen atoms in total. The van der Waals surface area contributed by atoms with Crippen molar-refractivity contribution in [1.29, 1.82) is 0 Å². The first-order valence-corrected chi connectivity index (χ1v) is 7.89. The summed E-state index contributed by atoms with van der Waals surface area (Å²) in [6, 6.07) is 13.6. The number of hydrogen-bond donors (Lipinski definition) is 2. The van der Waals surface area contributed by atoms with Crippen LogP contribution >= 0.6 is 11.3 Å². The quantitative estimate of drug-likeness (QED) is 0.768. The van der Waals surface area contributed by atoms with Gasteiger partial charge in [0.2, 0.25) is 0 Å². The van der Waals surface area contributed by atoms with Crippen LogP contribution in [-0.4, -0.2) is 19.2 Å². The fraction of sp³-hybridized carbons (Fsp3) is 0.312. The average Bonchev–Trinajstić information content (AvgIpc) is 3.02. The van der Waals surface area contributed by atoms with E-state index in [0.717, 1.165) is 17.0 Å². The number of carbonyl (C=O) groups excluding carboxylic acids is 1. The summed E-state index contributed by atoms with van der Waals surface area (Å²) < 4.78 is 5.56. The molecule has 0 aliphatic rings. The Balaban J connectivity index is 1.57. The monoisotopic (exact) mass is 304 g/mol. The summed E-state index contributed by atoms with van der Waals surface area (Å²) >= 11 is 1.64. The summed E-state index contributed by atoms with van der Waals surface area (Å²) in [4.78, 5) is 12.9. The highest BCUT2D eigenvalue weighted by Crippen LogP contribution is 2.17. The predicted molar refractivity (Wildman–Crippen MR) is 85.8 cm³/mol. The van der Waals surface area contributed by atoms with E-state index in [-0.39, 0.29) is 12.1 Å².